The maximum atomic E-state index is 13.2. The summed E-state index contributed by atoms with van der Waals surface area (Å²) in [6, 6.07) is 1.38. The van der Waals surface area contributed by atoms with Crippen molar-refractivity contribution in [2.24, 2.45) is 23.5 Å². The summed E-state index contributed by atoms with van der Waals surface area (Å²) in [5.74, 6) is 1.91. The predicted molar refractivity (Wildman–Crippen MR) is 102 cm³/mol. The molecule has 4 unspecified atom stereocenters. The van der Waals surface area contributed by atoms with Crippen LogP contribution in [0.5, 0.6) is 0 Å². The molecule has 6 heteroatoms. The Labute approximate surface area is 158 Å². The molecule has 4 nitrogen and oxygen atoms in total. The minimum absolute atomic E-state index is 0. The Hall–Kier alpha value is -0.0300. The largest absolute Gasteiger partial charge is 0.337 e. The van der Waals surface area contributed by atoms with E-state index < -0.39 is 0 Å². The van der Waals surface area contributed by atoms with Crippen molar-refractivity contribution in [2.45, 2.75) is 70.0 Å². The Kier molecular flexibility index (Phi) is 6.86. The van der Waals surface area contributed by atoms with Crippen molar-refractivity contribution in [3.05, 3.63) is 0 Å². The van der Waals surface area contributed by atoms with Crippen LogP contribution in [-0.2, 0) is 4.79 Å². The van der Waals surface area contributed by atoms with E-state index in [-0.39, 0.29) is 30.7 Å². The molecule has 24 heavy (non-hydrogen) atoms. The molecule has 0 radical (unpaired) electrons. The van der Waals surface area contributed by atoms with E-state index in [0.29, 0.717) is 35.9 Å². The van der Waals surface area contributed by atoms with Crippen molar-refractivity contribution in [2.75, 3.05) is 19.6 Å². The summed E-state index contributed by atoms with van der Waals surface area (Å²) in [7, 11) is 0. The second kappa shape index (κ2) is 8.11. The van der Waals surface area contributed by atoms with E-state index in [1.54, 1.807) is 0 Å². The zero-order chi connectivity index (χ0) is 15.3. The van der Waals surface area contributed by atoms with E-state index in [1.165, 1.54) is 38.6 Å². The number of hydrogen-bond acceptors (Lipinski definition) is 3. The summed E-state index contributed by atoms with van der Waals surface area (Å²) >= 11 is 0. The molecule has 1 amide bonds. The molecule has 2 aliphatic carbocycles. The van der Waals surface area contributed by atoms with Crippen LogP contribution in [0.25, 0.3) is 0 Å². The Bertz CT molecular complexity index is 436. The van der Waals surface area contributed by atoms with Crippen molar-refractivity contribution in [1.29, 1.82) is 0 Å². The maximum Gasteiger partial charge on any atom is 0.226 e. The normalized spacial score (nSPS) is 41.8. The smallest absolute Gasteiger partial charge is 0.226 e. The monoisotopic (exact) mass is 377 g/mol. The van der Waals surface area contributed by atoms with Gasteiger partial charge in [0.1, 0.15) is 0 Å². The summed E-state index contributed by atoms with van der Waals surface area (Å²) in [5.41, 5.74) is 6.39. The lowest BCUT2D eigenvalue weighted by Gasteiger charge is -2.47. The van der Waals surface area contributed by atoms with Crippen molar-refractivity contribution in [1.82, 2.24) is 9.80 Å². The molecule has 2 N–H and O–H groups in total. The molecule has 2 saturated heterocycles. The van der Waals surface area contributed by atoms with Gasteiger partial charge in [-0.1, -0.05) is 6.42 Å². The van der Waals surface area contributed by atoms with Gasteiger partial charge in [-0.3, -0.25) is 9.69 Å². The van der Waals surface area contributed by atoms with E-state index in [2.05, 4.69) is 16.7 Å². The Balaban J connectivity index is 0.00000104. The van der Waals surface area contributed by atoms with E-state index in [1.807, 2.05) is 0 Å². The molecule has 4 rings (SSSR count). The highest BCUT2D eigenvalue weighted by atomic mass is 35.5. The first-order chi connectivity index (χ1) is 10.6. The number of amides is 1. The number of rotatable bonds is 1. The average molecular weight is 378 g/mol. The van der Waals surface area contributed by atoms with E-state index in [0.717, 1.165) is 25.9 Å². The summed E-state index contributed by atoms with van der Waals surface area (Å²) < 4.78 is 0. The highest BCUT2D eigenvalue weighted by Gasteiger charge is 2.44. The van der Waals surface area contributed by atoms with Crippen LogP contribution in [-0.4, -0.2) is 53.5 Å². The van der Waals surface area contributed by atoms with Crippen LogP contribution in [0.15, 0.2) is 0 Å². The molecule has 4 aliphatic rings. The highest BCUT2D eigenvalue weighted by Crippen LogP contribution is 2.43. The van der Waals surface area contributed by atoms with Gasteiger partial charge in [-0.25, -0.2) is 0 Å². The number of carbonyl (C=O) groups is 1. The third kappa shape index (κ3) is 3.58. The number of piperazine rings is 1. The van der Waals surface area contributed by atoms with E-state index in [9.17, 15) is 4.79 Å². The van der Waals surface area contributed by atoms with Crippen molar-refractivity contribution < 1.29 is 4.79 Å². The van der Waals surface area contributed by atoms with Gasteiger partial charge in [0, 0.05) is 37.1 Å². The molecule has 2 aliphatic heterocycles. The zero-order valence-electron chi connectivity index (χ0n) is 14.7. The number of nitrogens with two attached hydrogens (primary N) is 1. The zero-order valence-corrected chi connectivity index (χ0v) is 16.4. The molecule has 4 atom stereocenters. The van der Waals surface area contributed by atoms with Crippen molar-refractivity contribution in [3.63, 3.8) is 0 Å². The van der Waals surface area contributed by atoms with Gasteiger partial charge >= 0.3 is 0 Å². The van der Waals surface area contributed by atoms with Gasteiger partial charge < -0.3 is 10.6 Å². The second-order valence-corrected chi connectivity index (χ2v) is 8.33. The molecular weight excluding hydrogens is 345 g/mol. The van der Waals surface area contributed by atoms with Gasteiger partial charge in [-0.05, 0) is 63.8 Å². The summed E-state index contributed by atoms with van der Waals surface area (Å²) in [4.78, 5) is 18.0. The maximum absolute atomic E-state index is 13.2. The summed E-state index contributed by atoms with van der Waals surface area (Å²) in [5, 5.41) is 0. The average Bonchev–Trinajstić information content (AvgIpc) is 2.92. The molecule has 0 aromatic carbocycles. The molecule has 2 heterocycles. The number of nitrogens with zero attached hydrogens (tertiary/aromatic N) is 2. The fraction of sp³-hybridized carbons (Fsp3) is 0.944. The fourth-order valence-electron chi connectivity index (χ4n) is 5.72. The molecule has 2 saturated carbocycles. The van der Waals surface area contributed by atoms with Gasteiger partial charge in [0.05, 0.1) is 0 Å². The molecule has 0 aromatic heterocycles. The van der Waals surface area contributed by atoms with Crippen LogP contribution in [0.3, 0.4) is 0 Å². The lowest BCUT2D eigenvalue weighted by atomic mass is 9.65. The van der Waals surface area contributed by atoms with E-state index in [4.69, 9.17) is 5.73 Å². The van der Waals surface area contributed by atoms with Gasteiger partial charge in [0.2, 0.25) is 5.91 Å². The quantitative estimate of drug-likeness (QED) is 0.763. The number of fused-ring (bicyclic) bond motifs is 3. The second-order valence-electron chi connectivity index (χ2n) is 8.33. The van der Waals surface area contributed by atoms with Crippen LogP contribution in [0.4, 0.5) is 0 Å². The van der Waals surface area contributed by atoms with Crippen molar-refractivity contribution in [3.8, 4) is 0 Å². The third-order valence-corrected chi connectivity index (χ3v) is 6.98. The first-order valence-electron chi connectivity index (χ1n) is 9.43. The highest BCUT2D eigenvalue weighted by molar-refractivity contribution is 5.85. The molecular formula is C18H33Cl2N3O. The molecule has 140 valence electrons. The molecule has 2 bridgehead atoms. The minimum atomic E-state index is 0. The topological polar surface area (TPSA) is 49.6 Å². The van der Waals surface area contributed by atoms with Crippen molar-refractivity contribution >= 4 is 30.7 Å². The number of carbonyl (C=O) groups excluding carboxylic acids is 1. The van der Waals surface area contributed by atoms with Crippen LogP contribution >= 0.6 is 24.8 Å². The fourth-order valence-corrected chi connectivity index (χ4v) is 5.72. The van der Waals surface area contributed by atoms with Gasteiger partial charge in [-0.2, -0.15) is 0 Å². The van der Waals surface area contributed by atoms with Crippen LogP contribution < -0.4 is 5.73 Å². The van der Waals surface area contributed by atoms with Gasteiger partial charge in [0.25, 0.3) is 0 Å². The lowest BCUT2D eigenvalue weighted by Crippen LogP contribution is -2.59. The van der Waals surface area contributed by atoms with Crippen LogP contribution in [0.2, 0.25) is 0 Å². The van der Waals surface area contributed by atoms with E-state index >= 15 is 0 Å². The molecule has 0 spiro atoms. The Morgan fingerprint density at radius 3 is 2.33 bits per heavy atom. The molecule has 4 fully saturated rings. The van der Waals surface area contributed by atoms with Crippen LogP contribution in [0.1, 0.15) is 51.9 Å². The lowest BCUT2D eigenvalue weighted by molar-refractivity contribution is -0.144. The van der Waals surface area contributed by atoms with Crippen LogP contribution in [0, 0.1) is 17.8 Å². The Morgan fingerprint density at radius 1 is 1.00 bits per heavy atom. The SMILES string of the molecule is CC1CN2CCCC2CN1C(=O)C1CC2CCCC(C1)C2N.Cl.Cl. The summed E-state index contributed by atoms with van der Waals surface area (Å²) in [6.45, 7) is 5.52. The number of hydrogen-bond donors (Lipinski definition) is 1. The predicted octanol–water partition coefficient (Wildman–Crippen LogP) is 2.68. The molecule has 0 aromatic rings. The first kappa shape index (κ1) is 20.3. The Morgan fingerprint density at radius 2 is 1.67 bits per heavy atom. The van der Waals surface area contributed by atoms with Gasteiger partial charge in [0.15, 0.2) is 0 Å². The summed E-state index contributed by atoms with van der Waals surface area (Å²) in [6.07, 6.45) is 8.49. The first-order valence-corrected chi connectivity index (χ1v) is 9.43. The van der Waals surface area contributed by atoms with Gasteiger partial charge in [-0.15, -0.1) is 24.8 Å². The standard InChI is InChI=1S/C18H31N3O.2ClH/c1-12-10-20-7-3-6-16(20)11-21(12)18(22)15-8-13-4-2-5-14(9-15)17(13)19;;/h12-17H,2-11,19H2,1H3;2*1H. The third-order valence-electron chi connectivity index (χ3n) is 6.98. The number of halogens is 2. The minimum Gasteiger partial charge on any atom is -0.337 e.